The summed E-state index contributed by atoms with van der Waals surface area (Å²) in [5.41, 5.74) is 0. The molecule has 6 heteroatoms. The molecule has 1 aromatic heterocycles. The zero-order valence-electron chi connectivity index (χ0n) is 10.6. The summed E-state index contributed by atoms with van der Waals surface area (Å²) >= 11 is 0. The van der Waals surface area contributed by atoms with Crippen LogP contribution < -0.4 is 5.32 Å². The molecule has 2 N–H and O–H groups in total. The molecule has 1 aromatic rings. The maximum Gasteiger partial charge on any atom is 0.249 e. The van der Waals surface area contributed by atoms with Gasteiger partial charge in [-0.15, -0.1) is 0 Å². The Bertz CT molecular complexity index is 324. The van der Waals surface area contributed by atoms with E-state index in [1.807, 2.05) is 0 Å². The van der Waals surface area contributed by atoms with Gasteiger partial charge in [-0.05, 0) is 19.3 Å². The summed E-state index contributed by atoms with van der Waals surface area (Å²) in [5, 5.41) is 9.09. The highest BCUT2D eigenvalue weighted by atomic mass is 16.5. The average Bonchev–Trinajstić information content (AvgIpc) is 2.78. The number of nitrogens with one attached hydrogen (secondary N) is 2. The van der Waals surface area contributed by atoms with Crippen LogP contribution in [0.2, 0.25) is 0 Å². The standard InChI is InChI=1S/C11H20N4O2/c1-8(2)4-5-17-9(3)11(16)12-6-10-13-7-14-15-10/h7-9H,4-6H2,1-3H3,(H,12,16)(H,13,14,15). The fraction of sp³-hybridized carbons (Fsp3) is 0.727. The third kappa shape index (κ3) is 5.44. The van der Waals surface area contributed by atoms with Crippen molar-refractivity contribution in [1.82, 2.24) is 20.5 Å². The van der Waals surface area contributed by atoms with E-state index in [9.17, 15) is 4.79 Å². The number of carbonyl (C=O) groups excluding carboxylic acids is 1. The fourth-order valence-electron chi connectivity index (χ4n) is 1.19. The summed E-state index contributed by atoms with van der Waals surface area (Å²) in [5.74, 6) is 1.08. The summed E-state index contributed by atoms with van der Waals surface area (Å²) in [7, 11) is 0. The molecule has 96 valence electrons. The van der Waals surface area contributed by atoms with Gasteiger partial charge in [0, 0.05) is 6.61 Å². The first-order chi connectivity index (χ1) is 8.09. The van der Waals surface area contributed by atoms with E-state index in [1.54, 1.807) is 6.92 Å². The molecule has 1 atom stereocenters. The van der Waals surface area contributed by atoms with Gasteiger partial charge < -0.3 is 10.1 Å². The minimum absolute atomic E-state index is 0.134. The second kappa shape index (κ2) is 7.01. The van der Waals surface area contributed by atoms with E-state index < -0.39 is 6.10 Å². The number of amides is 1. The monoisotopic (exact) mass is 240 g/mol. The lowest BCUT2D eigenvalue weighted by atomic mass is 10.1. The number of rotatable bonds is 7. The Morgan fingerprint density at radius 2 is 2.29 bits per heavy atom. The van der Waals surface area contributed by atoms with Gasteiger partial charge in [0.2, 0.25) is 5.91 Å². The number of hydrogen-bond acceptors (Lipinski definition) is 4. The van der Waals surface area contributed by atoms with Gasteiger partial charge in [0.05, 0.1) is 6.54 Å². The molecule has 0 spiro atoms. The van der Waals surface area contributed by atoms with Crippen molar-refractivity contribution in [3.63, 3.8) is 0 Å². The van der Waals surface area contributed by atoms with E-state index >= 15 is 0 Å². The molecule has 0 bridgehead atoms. The molecule has 0 aliphatic rings. The van der Waals surface area contributed by atoms with Gasteiger partial charge >= 0.3 is 0 Å². The van der Waals surface area contributed by atoms with Crippen molar-refractivity contribution in [1.29, 1.82) is 0 Å². The van der Waals surface area contributed by atoms with Crippen LogP contribution in [-0.2, 0) is 16.1 Å². The molecule has 1 amide bonds. The Hall–Kier alpha value is -1.43. The minimum atomic E-state index is -0.434. The molecule has 0 radical (unpaired) electrons. The smallest absolute Gasteiger partial charge is 0.249 e. The predicted octanol–water partition coefficient (Wildman–Crippen LogP) is 0.872. The molecule has 0 aromatic carbocycles. The molecule has 0 saturated carbocycles. The van der Waals surface area contributed by atoms with Crippen LogP contribution in [0.5, 0.6) is 0 Å². The largest absolute Gasteiger partial charge is 0.369 e. The van der Waals surface area contributed by atoms with Gasteiger partial charge in [-0.3, -0.25) is 9.89 Å². The number of aromatic amines is 1. The van der Waals surface area contributed by atoms with Crippen molar-refractivity contribution in [3.8, 4) is 0 Å². The van der Waals surface area contributed by atoms with Crippen LogP contribution >= 0.6 is 0 Å². The topological polar surface area (TPSA) is 79.9 Å². The molecule has 0 aliphatic carbocycles. The molecule has 1 heterocycles. The second-order valence-corrected chi connectivity index (χ2v) is 4.35. The third-order valence-electron chi connectivity index (χ3n) is 2.33. The third-order valence-corrected chi connectivity index (χ3v) is 2.33. The van der Waals surface area contributed by atoms with E-state index in [1.165, 1.54) is 6.33 Å². The number of nitrogens with zero attached hydrogens (tertiary/aromatic N) is 2. The maximum absolute atomic E-state index is 11.6. The molecule has 1 unspecified atom stereocenters. The van der Waals surface area contributed by atoms with Gasteiger partial charge in [0.1, 0.15) is 18.3 Å². The van der Waals surface area contributed by atoms with Crippen LogP contribution in [0.3, 0.4) is 0 Å². The number of hydrogen-bond donors (Lipinski definition) is 2. The second-order valence-electron chi connectivity index (χ2n) is 4.35. The van der Waals surface area contributed by atoms with Crippen molar-refractivity contribution in [2.24, 2.45) is 5.92 Å². The van der Waals surface area contributed by atoms with Crippen LogP contribution in [0, 0.1) is 5.92 Å². The zero-order chi connectivity index (χ0) is 12.7. The Balaban J connectivity index is 2.18. The Kier molecular flexibility index (Phi) is 5.62. The van der Waals surface area contributed by atoms with E-state index in [2.05, 4.69) is 34.3 Å². The van der Waals surface area contributed by atoms with Crippen LogP contribution in [0.1, 0.15) is 33.0 Å². The highest BCUT2D eigenvalue weighted by Crippen LogP contribution is 2.01. The maximum atomic E-state index is 11.6. The van der Waals surface area contributed by atoms with Crippen molar-refractivity contribution >= 4 is 5.91 Å². The highest BCUT2D eigenvalue weighted by Gasteiger charge is 2.13. The first kappa shape index (κ1) is 13.6. The summed E-state index contributed by atoms with van der Waals surface area (Å²) in [6.45, 7) is 6.94. The highest BCUT2D eigenvalue weighted by molar-refractivity contribution is 5.80. The summed E-state index contributed by atoms with van der Waals surface area (Å²) in [6, 6.07) is 0. The molecular formula is C11H20N4O2. The minimum Gasteiger partial charge on any atom is -0.369 e. The van der Waals surface area contributed by atoms with Crippen LogP contribution in [0.15, 0.2) is 6.33 Å². The first-order valence-corrected chi connectivity index (χ1v) is 5.83. The lowest BCUT2D eigenvalue weighted by molar-refractivity contribution is -0.132. The van der Waals surface area contributed by atoms with Crippen LogP contribution in [-0.4, -0.2) is 33.8 Å². The molecule has 0 fully saturated rings. The number of carbonyl (C=O) groups is 1. The van der Waals surface area contributed by atoms with Gasteiger partial charge in [-0.25, -0.2) is 4.98 Å². The number of ether oxygens (including phenoxy) is 1. The van der Waals surface area contributed by atoms with Crippen LogP contribution in [0.25, 0.3) is 0 Å². The number of aromatic nitrogens is 3. The normalized spacial score (nSPS) is 12.7. The summed E-state index contributed by atoms with van der Waals surface area (Å²) in [6.07, 6.45) is 1.93. The van der Waals surface area contributed by atoms with Crippen molar-refractivity contribution in [3.05, 3.63) is 12.2 Å². The van der Waals surface area contributed by atoms with Gasteiger partial charge in [0.15, 0.2) is 0 Å². The number of H-pyrrole nitrogens is 1. The fourth-order valence-corrected chi connectivity index (χ4v) is 1.19. The molecule has 17 heavy (non-hydrogen) atoms. The van der Waals surface area contributed by atoms with Crippen molar-refractivity contribution < 1.29 is 9.53 Å². The van der Waals surface area contributed by atoms with E-state index in [0.29, 0.717) is 24.9 Å². The van der Waals surface area contributed by atoms with E-state index in [0.717, 1.165) is 6.42 Å². The lowest BCUT2D eigenvalue weighted by Crippen LogP contribution is -2.34. The Morgan fingerprint density at radius 3 is 2.88 bits per heavy atom. The van der Waals surface area contributed by atoms with Crippen molar-refractivity contribution in [2.75, 3.05) is 6.61 Å². The predicted molar refractivity (Wildman–Crippen MR) is 63.1 cm³/mol. The van der Waals surface area contributed by atoms with E-state index in [4.69, 9.17) is 4.74 Å². The van der Waals surface area contributed by atoms with Crippen molar-refractivity contribution in [2.45, 2.75) is 39.8 Å². The SMILES string of the molecule is CC(C)CCOC(C)C(=O)NCc1ncn[nH]1. The van der Waals surface area contributed by atoms with E-state index in [-0.39, 0.29) is 5.91 Å². The molecule has 6 nitrogen and oxygen atoms in total. The van der Waals surface area contributed by atoms with Gasteiger partial charge in [-0.1, -0.05) is 13.8 Å². The lowest BCUT2D eigenvalue weighted by Gasteiger charge is -2.13. The van der Waals surface area contributed by atoms with Crippen LogP contribution in [0.4, 0.5) is 0 Å². The molecule has 0 aliphatic heterocycles. The summed E-state index contributed by atoms with van der Waals surface area (Å²) in [4.78, 5) is 15.5. The Morgan fingerprint density at radius 1 is 1.53 bits per heavy atom. The van der Waals surface area contributed by atoms with Gasteiger partial charge in [0.25, 0.3) is 0 Å². The Labute approximate surface area is 101 Å². The zero-order valence-corrected chi connectivity index (χ0v) is 10.6. The molecule has 0 saturated heterocycles. The molecule has 1 rings (SSSR count). The first-order valence-electron chi connectivity index (χ1n) is 5.83. The summed E-state index contributed by atoms with van der Waals surface area (Å²) < 4.78 is 5.43. The quantitative estimate of drug-likeness (QED) is 0.741. The average molecular weight is 240 g/mol. The molecular weight excluding hydrogens is 220 g/mol. The van der Waals surface area contributed by atoms with Gasteiger partial charge in [-0.2, -0.15) is 5.10 Å².